The third kappa shape index (κ3) is 5.15. The Kier molecular flexibility index (Phi) is 6.50. The lowest BCUT2D eigenvalue weighted by Gasteiger charge is -2.12. The Morgan fingerprint density at radius 3 is 2.42 bits per heavy atom. The van der Waals surface area contributed by atoms with E-state index in [-0.39, 0.29) is 42.1 Å². The number of amides is 1. The van der Waals surface area contributed by atoms with Crippen LogP contribution in [0.15, 0.2) is 59.4 Å². The highest BCUT2D eigenvalue weighted by molar-refractivity contribution is 5.94. The highest BCUT2D eigenvalue weighted by Gasteiger charge is 2.30. The van der Waals surface area contributed by atoms with Gasteiger partial charge in [0.25, 0.3) is 11.5 Å². The summed E-state index contributed by atoms with van der Waals surface area (Å²) in [5.74, 6) is -1.39. The number of benzene rings is 2. The fraction of sp³-hybridized carbons (Fsp3) is 0.190. The molecule has 0 bridgehead atoms. The van der Waals surface area contributed by atoms with Crippen LogP contribution in [0.3, 0.4) is 0 Å². The maximum absolute atomic E-state index is 13.7. The van der Waals surface area contributed by atoms with E-state index < -0.39 is 29.0 Å². The summed E-state index contributed by atoms with van der Waals surface area (Å²) in [4.78, 5) is 25.3. The SMILES string of the molecule is O=C(NCCCO)c1cc(-c2ccc(C(F)(F)F)cc2)nn(-c2cccc(F)c2)c1=O. The van der Waals surface area contributed by atoms with Crippen LogP contribution in [0.2, 0.25) is 0 Å². The topological polar surface area (TPSA) is 84.2 Å². The van der Waals surface area contributed by atoms with E-state index in [1.807, 2.05) is 0 Å². The molecule has 0 radical (unpaired) electrons. The minimum Gasteiger partial charge on any atom is -0.396 e. The van der Waals surface area contributed by atoms with E-state index in [1.54, 1.807) is 0 Å². The van der Waals surface area contributed by atoms with Gasteiger partial charge in [-0.05, 0) is 42.8 Å². The van der Waals surface area contributed by atoms with Crippen molar-refractivity contribution in [2.24, 2.45) is 0 Å². The maximum Gasteiger partial charge on any atom is 0.416 e. The standard InChI is InChI=1S/C21H17F4N3O3/c22-15-3-1-4-16(11-15)28-20(31)17(19(30)26-9-2-10-29)12-18(27-28)13-5-7-14(8-6-13)21(23,24)25/h1,3-8,11-12,29H,2,9-10H2,(H,26,30). The van der Waals surface area contributed by atoms with Crippen molar-refractivity contribution in [2.75, 3.05) is 13.2 Å². The van der Waals surface area contributed by atoms with E-state index in [0.29, 0.717) is 0 Å². The molecule has 1 aromatic heterocycles. The molecule has 6 nitrogen and oxygen atoms in total. The van der Waals surface area contributed by atoms with Crippen LogP contribution in [-0.2, 0) is 6.18 Å². The van der Waals surface area contributed by atoms with Crippen molar-refractivity contribution in [1.29, 1.82) is 0 Å². The number of hydrogen-bond acceptors (Lipinski definition) is 4. The quantitative estimate of drug-likeness (QED) is 0.460. The number of aliphatic hydroxyl groups is 1. The zero-order valence-corrected chi connectivity index (χ0v) is 16.0. The van der Waals surface area contributed by atoms with Crippen LogP contribution in [0, 0.1) is 5.82 Å². The predicted octanol–water partition coefficient (Wildman–Crippen LogP) is 3.17. The largest absolute Gasteiger partial charge is 0.416 e. The van der Waals surface area contributed by atoms with Gasteiger partial charge in [-0.1, -0.05) is 18.2 Å². The van der Waals surface area contributed by atoms with Crippen LogP contribution < -0.4 is 10.9 Å². The number of carbonyl (C=O) groups is 1. The highest BCUT2D eigenvalue weighted by atomic mass is 19.4. The normalized spacial score (nSPS) is 11.4. The van der Waals surface area contributed by atoms with Crippen molar-refractivity contribution in [3.8, 4) is 16.9 Å². The van der Waals surface area contributed by atoms with Crippen molar-refractivity contribution in [3.63, 3.8) is 0 Å². The molecule has 1 heterocycles. The van der Waals surface area contributed by atoms with Gasteiger partial charge in [0, 0.05) is 18.7 Å². The molecule has 162 valence electrons. The Balaban J connectivity index is 2.12. The molecule has 0 aliphatic heterocycles. The van der Waals surface area contributed by atoms with Gasteiger partial charge >= 0.3 is 6.18 Å². The first-order chi connectivity index (χ1) is 14.7. The number of nitrogens with one attached hydrogen (secondary N) is 1. The lowest BCUT2D eigenvalue weighted by atomic mass is 10.1. The van der Waals surface area contributed by atoms with E-state index in [1.165, 1.54) is 24.3 Å². The van der Waals surface area contributed by atoms with Crippen LogP contribution >= 0.6 is 0 Å². The van der Waals surface area contributed by atoms with Gasteiger partial charge in [-0.15, -0.1) is 0 Å². The molecular weight excluding hydrogens is 418 g/mol. The van der Waals surface area contributed by atoms with Gasteiger partial charge in [0.05, 0.1) is 16.9 Å². The van der Waals surface area contributed by atoms with E-state index in [9.17, 15) is 27.2 Å². The molecule has 0 atom stereocenters. The molecule has 0 aliphatic carbocycles. The third-order valence-corrected chi connectivity index (χ3v) is 4.34. The number of carbonyl (C=O) groups excluding carboxylic acids is 1. The number of nitrogens with zero attached hydrogens (tertiary/aromatic N) is 2. The summed E-state index contributed by atoms with van der Waals surface area (Å²) in [5, 5.41) is 15.4. The number of alkyl halides is 3. The summed E-state index contributed by atoms with van der Waals surface area (Å²) >= 11 is 0. The summed E-state index contributed by atoms with van der Waals surface area (Å²) in [6, 6.07) is 10.2. The first-order valence-corrected chi connectivity index (χ1v) is 9.17. The van der Waals surface area contributed by atoms with E-state index >= 15 is 0 Å². The summed E-state index contributed by atoms with van der Waals surface area (Å²) < 4.78 is 53.0. The van der Waals surface area contributed by atoms with Gasteiger partial charge in [0.15, 0.2) is 0 Å². The number of hydrogen-bond donors (Lipinski definition) is 2. The van der Waals surface area contributed by atoms with Crippen LogP contribution in [0.1, 0.15) is 22.3 Å². The van der Waals surface area contributed by atoms with Crippen molar-refractivity contribution < 1.29 is 27.5 Å². The first kappa shape index (κ1) is 22.2. The number of aromatic nitrogens is 2. The molecule has 0 saturated carbocycles. The molecule has 0 saturated heterocycles. The Hall–Kier alpha value is -3.53. The van der Waals surface area contributed by atoms with E-state index in [0.717, 1.165) is 35.0 Å². The highest BCUT2D eigenvalue weighted by Crippen LogP contribution is 2.30. The van der Waals surface area contributed by atoms with Gasteiger partial charge in [-0.3, -0.25) is 9.59 Å². The second-order valence-electron chi connectivity index (χ2n) is 6.55. The van der Waals surface area contributed by atoms with Gasteiger partial charge < -0.3 is 10.4 Å². The molecule has 10 heteroatoms. The van der Waals surface area contributed by atoms with Gasteiger partial charge in [-0.25, -0.2) is 4.39 Å². The lowest BCUT2D eigenvalue weighted by Crippen LogP contribution is -2.34. The van der Waals surface area contributed by atoms with Crippen molar-refractivity contribution in [2.45, 2.75) is 12.6 Å². The summed E-state index contributed by atoms with van der Waals surface area (Å²) in [6.45, 7) is -0.0619. The molecule has 2 aromatic carbocycles. The van der Waals surface area contributed by atoms with Crippen LogP contribution in [0.25, 0.3) is 16.9 Å². The van der Waals surface area contributed by atoms with Gasteiger partial charge in [0.2, 0.25) is 0 Å². The van der Waals surface area contributed by atoms with Crippen molar-refractivity contribution in [3.05, 3.63) is 81.9 Å². The Morgan fingerprint density at radius 2 is 1.81 bits per heavy atom. The van der Waals surface area contributed by atoms with E-state index in [2.05, 4.69) is 10.4 Å². The average Bonchev–Trinajstić information content (AvgIpc) is 2.73. The van der Waals surface area contributed by atoms with Crippen LogP contribution in [0.4, 0.5) is 17.6 Å². The second kappa shape index (κ2) is 9.09. The second-order valence-corrected chi connectivity index (χ2v) is 6.55. The predicted molar refractivity (Wildman–Crippen MR) is 104 cm³/mol. The zero-order valence-electron chi connectivity index (χ0n) is 16.0. The minimum atomic E-state index is -4.52. The molecular formula is C21H17F4N3O3. The number of aliphatic hydroxyl groups excluding tert-OH is 1. The molecule has 3 aromatic rings. The fourth-order valence-corrected chi connectivity index (χ4v) is 2.79. The number of halogens is 4. The van der Waals surface area contributed by atoms with Crippen molar-refractivity contribution in [1.82, 2.24) is 15.1 Å². The van der Waals surface area contributed by atoms with E-state index in [4.69, 9.17) is 5.11 Å². The molecule has 31 heavy (non-hydrogen) atoms. The molecule has 0 fully saturated rings. The minimum absolute atomic E-state index is 0.0446. The molecule has 2 N–H and O–H groups in total. The molecule has 0 unspecified atom stereocenters. The average molecular weight is 435 g/mol. The molecule has 0 spiro atoms. The summed E-state index contributed by atoms with van der Waals surface area (Å²) in [5.41, 5.74) is -1.71. The Morgan fingerprint density at radius 1 is 1.10 bits per heavy atom. The van der Waals surface area contributed by atoms with Crippen LogP contribution in [0.5, 0.6) is 0 Å². The van der Waals surface area contributed by atoms with Gasteiger partial charge in [-0.2, -0.15) is 23.0 Å². The van der Waals surface area contributed by atoms with Crippen LogP contribution in [-0.4, -0.2) is 33.9 Å². The zero-order chi connectivity index (χ0) is 22.6. The molecule has 1 amide bonds. The monoisotopic (exact) mass is 435 g/mol. The summed E-state index contributed by atoms with van der Waals surface area (Å²) in [7, 11) is 0. The fourth-order valence-electron chi connectivity index (χ4n) is 2.79. The first-order valence-electron chi connectivity index (χ1n) is 9.17. The van der Waals surface area contributed by atoms with Crippen molar-refractivity contribution >= 4 is 5.91 Å². The lowest BCUT2D eigenvalue weighted by molar-refractivity contribution is -0.137. The number of rotatable bonds is 6. The summed E-state index contributed by atoms with van der Waals surface area (Å²) in [6.07, 6.45) is -4.26. The maximum atomic E-state index is 13.7. The van der Waals surface area contributed by atoms with Gasteiger partial charge in [0.1, 0.15) is 11.4 Å². The Bertz CT molecular complexity index is 1140. The Labute approximate surface area is 173 Å². The third-order valence-electron chi connectivity index (χ3n) is 4.34. The molecule has 3 rings (SSSR count). The smallest absolute Gasteiger partial charge is 0.396 e. The molecule has 0 aliphatic rings.